The van der Waals surface area contributed by atoms with Crippen LogP contribution >= 0.6 is 0 Å². The van der Waals surface area contributed by atoms with Gasteiger partial charge in [-0.2, -0.15) is 0 Å². The van der Waals surface area contributed by atoms with E-state index in [4.69, 9.17) is 0 Å². The minimum Gasteiger partial charge on any atom is -0.365 e. The Morgan fingerprint density at radius 2 is 1.96 bits per heavy atom. The van der Waals surface area contributed by atoms with Crippen LogP contribution in [0.1, 0.15) is 43.0 Å². The van der Waals surface area contributed by atoms with E-state index in [1.54, 1.807) is 6.33 Å². The second-order valence-electron chi connectivity index (χ2n) is 6.64. The van der Waals surface area contributed by atoms with Gasteiger partial charge in [0.2, 0.25) is 0 Å². The number of nitrogens with one attached hydrogen (secondary N) is 1. The standard InChI is InChI=1S/C17H21FN6/c1-11-7-14(20-9-19-11)23-13-5-6-24(8-13)17-15(18)16(21-10-22-17)12-3-2-4-12/h7,9-10,12-13H,2-6,8H2,1H3,(H,19,20,23). The van der Waals surface area contributed by atoms with Gasteiger partial charge in [0.05, 0.1) is 5.69 Å². The highest BCUT2D eigenvalue weighted by Crippen LogP contribution is 2.38. The van der Waals surface area contributed by atoms with E-state index >= 15 is 0 Å². The van der Waals surface area contributed by atoms with Gasteiger partial charge in [-0.25, -0.2) is 24.3 Å². The first-order valence-electron chi connectivity index (χ1n) is 8.51. The van der Waals surface area contributed by atoms with E-state index in [-0.39, 0.29) is 17.8 Å². The quantitative estimate of drug-likeness (QED) is 0.931. The normalized spacial score (nSPS) is 20.9. The summed E-state index contributed by atoms with van der Waals surface area (Å²) in [4.78, 5) is 18.7. The smallest absolute Gasteiger partial charge is 0.187 e. The fraction of sp³-hybridized carbons (Fsp3) is 0.529. The third kappa shape index (κ3) is 2.90. The van der Waals surface area contributed by atoms with Crippen molar-refractivity contribution in [1.29, 1.82) is 0 Å². The third-order valence-electron chi connectivity index (χ3n) is 4.93. The average molecular weight is 328 g/mol. The molecule has 3 heterocycles. The predicted molar refractivity (Wildman–Crippen MR) is 89.6 cm³/mol. The van der Waals surface area contributed by atoms with Crippen LogP contribution in [0.3, 0.4) is 0 Å². The van der Waals surface area contributed by atoms with Crippen molar-refractivity contribution < 1.29 is 4.39 Å². The number of aromatic nitrogens is 4. The molecule has 1 aliphatic heterocycles. The minimum atomic E-state index is -0.235. The molecule has 2 fully saturated rings. The molecule has 0 amide bonds. The largest absolute Gasteiger partial charge is 0.365 e. The van der Waals surface area contributed by atoms with Crippen LogP contribution in [-0.2, 0) is 0 Å². The second-order valence-corrected chi connectivity index (χ2v) is 6.64. The van der Waals surface area contributed by atoms with Crippen LogP contribution in [0, 0.1) is 12.7 Å². The first kappa shape index (κ1) is 15.2. The zero-order valence-corrected chi connectivity index (χ0v) is 13.7. The molecule has 4 rings (SSSR count). The summed E-state index contributed by atoms with van der Waals surface area (Å²) in [6.45, 7) is 3.42. The van der Waals surface area contributed by atoms with E-state index in [9.17, 15) is 4.39 Å². The maximum absolute atomic E-state index is 14.8. The Balaban J connectivity index is 1.47. The van der Waals surface area contributed by atoms with Gasteiger partial charge in [-0.1, -0.05) is 6.42 Å². The SMILES string of the molecule is Cc1cc(NC2CCN(c3ncnc(C4CCC4)c3F)C2)ncn1. The molecular formula is C17H21FN6. The fourth-order valence-electron chi connectivity index (χ4n) is 3.37. The van der Waals surface area contributed by atoms with Gasteiger partial charge in [0.1, 0.15) is 18.5 Å². The molecule has 1 saturated carbocycles. The summed E-state index contributed by atoms with van der Waals surface area (Å²) in [5.41, 5.74) is 1.52. The van der Waals surface area contributed by atoms with E-state index in [1.165, 1.54) is 6.33 Å². The molecule has 1 aliphatic carbocycles. The number of hydrogen-bond donors (Lipinski definition) is 1. The highest BCUT2D eigenvalue weighted by molar-refractivity contribution is 5.45. The monoisotopic (exact) mass is 328 g/mol. The third-order valence-corrected chi connectivity index (χ3v) is 4.93. The van der Waals surface area contributed by atoms with E-state index in [0.29, 0.717) is 18.1 Å². The second kappa shape index (κ2) is 6.30. The molecule has 1 unspecified atom stereocenters. The average Bonchev–Trinajstić information content (AvgIpc) is 2.96. The predicted octanol–water partition coefficient (Wildman–Crippen LogP) is 2.67. The van der Waals surface area contributed by atoms with Crippen LogP contribution in [0.5, 0.6) is 0 Å². The van der Waals surface area contributed by atoms with Crippen LogP contribution in [0.25, 0.3) is 0 Å². The number of hydrogen-bond acceptors (Lipinski definition) is 6. The first-order chi connectivity index (χ1) is 11.7. The van der Waals surface area contributed by atoms with Crippen LogP contribution < -0.4 is 10.2 Å². The lowest BCUT2D eigenvalue weighted by molar-refractivity contribution is 0.392. The lowest BCUT2D eigenvalue weighted by atomic mass is 9.82. The van der Waals surface area contributed by atoms with Crippen LogP contribution in [0.4, 0.5) is 16.0 Å². The van der Waals surface area contributed by atoms with Crippen molar-refractivity contribution in [2.45, 2.75) is 44.6 Å². The van der Waals surface area contributed by atoms with Gasteiger partial charge >= 0.3 is 0 Å². The summed E-state index contributed by atoms with van der Waals surface area (Å²) in [7, 11) is 0. The van der Waals surface area contributed by atoms with Crippen molar-refractivity contribution in [2.24, 2.45) is 0 Å². The highest BCUT2D eigenvalue weighted by Gasteiger charge is 2.30. The molecule has 0 spiro atoms. The molecule has 2 aliphatic rings. The van der Waals surface area contributed by atoms with Gasteiger partial charge in [0, 0.05) is 36.8 Å². The van der Waals surface area contributed by atoms with Gasteiger partial charge < -0.3 is 10.2 Å². The summed E-state index contributed by atoms with van der Waals surface area (Å²) < 4.78 is 14.8. The summed E-state index contributed by atoms with van der Waals surface area (Å²) in [5, 5.41) is 3.40. The zero-order chi connectivity index (χ0) is 16.5. The van der Waals surface area contributed by atoms with E-state index in [1.807, 2.05) is 17.9 Å². The van der Waals surface area contributed by atoms with Crippen LogP contribution in [0.15, 0.2) is 18.7 Å². The molecule has 0 radical (unpaired) electrons. The Hall–Kier alpha value is -2.31. The van der Waals surface area contributed by atoms with Crippen molar-refractivity contribution in [3.63, 3.8) is 0 Å². The number of aryl methyl sites for hydroxylation is 1. The van der Waals surface area contributed by atoms with Gasteiger partial charge in [-0.05, 0) is 26.2 Å². The molecule has 6 nitrogen and oxygen atoms in total. The lowest BCUT2D eigenvalue weighted by Gasteiger charge is -2.26. The van der Waals surface area contributed by atoms with Crippen molar-refractivity contribution >= 4 is 11.6 Å². The molecule has 2 aromatic heterocycles. The lowest BCUT2D eigenvalue weighted by Crippen LogP contribution is -2.28. The Morgan fingerprint density at radius 3 is 2.71 bits per heavy atom. The molecule has 1 N–H and O–H groups in total. The summed E-state index contributed by atoms with van der Waals surface area (Å²) in [6.07, 6.45) is 7.21. The maximum Gasteiger partial charge on any atom is 0.187 e. The number of anilines is 2. The van der Waals surface area contributed by atoms with Gasteiger partial charge in [-0.15, -0.1) is 0 Å². The van der Waals surface area contributed by atoms with E-state index in [0.717, 1.165) is 43.7 Å². The van der Waals surface area contributed by atoms with Crippen LogP contribution in [-0.4, -0.2) is 39.1 Å². The van der Waals surface area contributed by atoms with Crippen molar-refractivity contribution in [3.8, 4) is 0 Å². The van der Waals surface area contributed by atoms with Crippen LogP contribution in [0.2, 0.25) is 0 Å². The Kier molecular flexibility index (Phi) is 4.00. The number of rotatable bonds is 4. The molecule has 0 bridgehead atoms. The zero-order valence-electron chi connectivity index (χ0n) is 13.7. The Bertz CT molecular complexity index is 733. The highest BCUT2D eigenvalue weighted by atomic mass is 19.1. The molecule has 7 heteroatoms. The van der Waals surface area contributed by atoms with Gasteiger partial charge in [0.15, 0.2) is 11.6 Å². The van der Waals surface area contributed by atoms with E-state index in [2.05, 4.69) is 25.3 Å². The van der Waals surface area contributed by atoms with E-state index < -0.39 is 0 Å². The molecule has 126 valence electrons. The molecule has 24 heavy (non-hydrogen) atoms. The van der Waals surface area contributed by atoms with Crippen molar-refractivity contribution in [1.82, 2.24) is 19.9 Å². The summed E-state index contributed by atoms with van der Waals surface area (Å²) >= 11 is 0. The number of nitrogens with zero attached hydrogens (tertiary/aromatic N) is 5. The number of halogens is 1. The maximum atomic E-state index is 14.8. The summed E-state index contributed by atoms with van der Waals surface area (Å²) in [5.74, 6) is 1.29. The molecule has 1 atom stereocenters. The fourth-order valence-corrected chi connectivity index (χ4v) is 3.37. The molecule has 2 aromatic rings. The molecular weight excluding hydrogens is 307 g/mol. The van der Waals surface area contributed by atoms with Gasteiger partial charge in [-0.3, -0.25) is 0 Å². The first-order valence-corrected chi connectivity index (χ1v) is 8.51. The Morgan fingerprint density at radius 1 is 1.12 bits per heavy atom. The van der Waals surface area contributed by atoms with Crippen molar-refractivity contribution in [3.05, 3.63) is 35.9 Å². The summed E-state index contributed by atoms with van der Waals surface area (Å²) in [6, 6.07) is 2.14. The molecule has 1 saturated heterocycles. The van der Waals surface area contributed by atoms with Gasteiger partial charge in [0.25, 0.3) is 0 Å². The molecule has 0 aromatic carbocycles. The topological polar surface area (TPSA) is 66.8 Å². The minimum absolute atomic E-state index is 0.223. The Labute approximate surface area is 140 Å². The van der Waals surface area contributed by atoms with Crippen molar-refractivity contribution in [2.75, 3.05) is 23.3 Å².